The summed E-state index contributed by atoms with van der Waals surface area (Å²) >= 11 is 6.33. The van der Waals surface area contributed by atoms with E-state index in [4.69, 9.17) is 11.6 Å². The Morgan fingerprint density at radius 2 is 2.17 bits per heavy atom. The van der Waals surface area contributed by atoms with Crippen LogP contribution in [-0.4, -0.2) is 44.7 Å². The van der Waals surface area contributed by atoms with Crippen molar-refractivity contribution in [3.63, 3.8) is 0 Å². The summed E-state index contributed by atoms with van der Waals surface area (Å²) in [5, 5.41) is 3.99. The largest absolute Gasteiger partial charge is 0.366 e. The van der Waals surface area contributed by atoms with Crippen molar-refractivity contribution in [1.82, 2.24) is 10.2 Å². The van der Waals surface area contributed by atoms with Gasteiger partial charge in [-0.15, -0.1) is 0 Å². The standard InChI is InChI=1S/C14H22ClN3/c1-11-10-17(3)6-7-18(11)13-5-4-12(9-16-2)14(15)8-13/h4-5,8,11,16H,6-7,9-10H2,1-3H3. The van der Waals surface area contributed by atoms with Crippen molar-refractivity contribution in [2.24, 2.45) is 0 Å². The molecule has 1 aliphatic heterocycles. The van der Waals surface area contributed by atoms with Crippen LogP contribution in [0.1, 0.15) is 12.5 Å². The second kappa shape index (κ2) is 5.91. The number of rotatable bonds is 3. The van der Waals surface area contributed by atoms with E-state index in [0.717, 1.165) is 36.8 Å². The number of hydrogen-bond donors (Lipinski definition) is 1. The fourth-order valence-electron chi connectivity index (χ4n) is 2.57. The van der Waals surface area contributed by atoms with Crippen molar-refractivity contribution >= 4 is 17.3 Å². The average molecular weight is 268 g/mol. The third-order valence-electron chi connectivity index (χ3n) is 3.57. The lowest BCUT2D eigenvalue weighted by atomic mass is 10.1. The van der Waals surface area contributed by atoms with E-state index in [1.54, 1.807) is 0 Å². The van der Waals surface area contributed by atoms with Crippen LogP contribution < -0.4 is 10.2 Å². The van der Waals surface area contributed by atoms with Crippen LogP contribution in [0, 0.1) is 0 Å². The molecule has 1 aromatic rings. The Kier molecular flexibility index (Phi) is 4.49. The SMILES string of the molecule is CNCc1ccc(N2CCN(C)CC2C)cc1Cl. The number of piperazine rings is 1. The Morgan fingerprint density at radius 1 is 1.39 bits per heavy atom. The minimum atomic E-state index is 0.537. The van der Waals surface area contributed by atoms with Crippen LogP contribution in [0.3, 0.4) is 0 Å². The summed E-state index contributed by atoms with van der Waals surface area (Å²) in [6, 6.07) is 6.94. The van der Waals surface area contributed by atoms with Gasteiger partial charge in [-0.2, -0.15) is 0 Å². The van der Waals surface area contributed by atoms with E-state index in [9.17, 15) is 0 Å². The van der Waals surface area contributed by atoms with Crippen molar-refractivity contribution in [3.8, 4) is 0 Å². The molecule has 0 aliphatic carbocycles. The first-order valence-corrected chi connectivity index (χ1v) is 6.88. The topological polar surface area (TPSA) is 18.5 Å². The van der Waals surface area contributed by atoms with Gasteiger partial charge in [-0.25, -0.2) is 0 Å². The minimum Gasteiger partial charge on any atom is -0.366 e. The van der Waals surface area contributed by atoms with Crippen molar-refractivity contribution in [2.45, 2.75) is 19.5 Å². The van der Waals surface area contributed by atoms with Gasteiger partial charge in [-0.1, -0.05) is 17.7 Å². The second-order valence-corrected chi connectivity index (χ2v) is 5.52. The Hall–Kier alpha value is -0.770. The molecule has 0 spiro atoms. The summed E-state index contributed by atoms with van der Waals surface area (Å²) in [4.78, 5) is 4.81. The molecule has 1 unspecified atom stereocenters. The van der Waals surface area contributed by atoms with E-state index >= 15 is 0 Å². The molecule has 1 aliphatic rings. The van der Waals surface area contributed by atoms with Crippen LogP contribution in [-0.2, 0) is 6.54 Å². The maximum Gasteiger partial charge on any atom is 0.0471 e. The average Bonchev–Trinajstić information content (AvgIpc) is 2.32. The van der Waals surface area contributed by atoms with Crippen LogP contribution in [0.4, 0.5) is 5.69 Å². The summed E-state index contributed by atoms with van der Waals surface area (Å²) in [5.41, 5.74) is 2.39. The number of nitrogens with zero attached hydrogens (tertiary/aromatic N) is 2. The normalized spacial score (nSPS) is 21.3. The molecule has 1 heterocycles. The van der Waals surface area contributed by atoms with E-state index in [1.807, 2.05) is 7.05 Å². The second-order valence-electron chi connectivity index (χ2n) is 5.11. The van der Waals surface area contributed by atoms with Gasteiger partial charge in [-0.3, -0.25) is 0 Å². The number of anilines is 1. The smallest absolute Gasteiger partial charge is 0.0471 e. The molecule has 1 saturated heterocycles. The van der Waals surface area contributed by atoms with Gasteiger partial charge < -0.3 is 15.1 Å². The molecule has 1 fully saturated rings. The highest BCUT2D eigenvalue weighted by molar-refractivity contribution is 6.31. The van der Waals surface area contributed by atoms with Gasteiger partial charge in [0.25, 0.3) is 0 Å². The minimum absolute atomic E-state index is 0.537. The van der Waals surface area contributed by atoms with E-state index in [0.29, 0.717) is 6.04 Å². The first kappa shape index (κ1) is 13.7. The van der Waals surface area contributed by atoms with Gasteiger partial charge in [0.05, 0.1) is 0 Å². The molecule has 0 saturated carbocycles. The van der Waals surface area contributed by atoms with Crippen molar-refractivity contribution in [1.29, 1.82) is 0 Å². The lowest BCUT2D eigenvalue weighted by molar-refractivity contribution is 0.275. The fraction of sp³-hybridized carbons (Fsp3) is 0.571. The zero-order valence-electron chi connectivity index (χ0n) is 11.4. The first-order valence-electron chi connectivity index (χ1n) is 6.50. The van der Waals surface area contributed by atoms with Crippen LogP contribution in [0.5, 0.6) is 0 Å². The van der Waals surface area contributed by atoms with Gasteiger partial charge in [0.15, 0.2) is 0 Å². The molecule has 0 bridgehead atoms. The molecule has 3 nitrogen and oxygen atoms in total. The van der Waals surface area contributed by atoms with E-state index in [2.05, 4.69) is 47.3 Å². The predicted molar refractivity (Wildman–Crippen MR) is 78.5 cm³/mol. The number of halogens is 1. The Bertz CT molecular complexity index is 408. The molecule has 0 amide bonds. The van der Waals surface area contributed by atoms with Crippen LogP contribution in [0.2, 0.25) is 5.02 Å². The van der Waals surface area contributed by atoms with Crippen LogP contribution in [0.15, 0.2) is 18.2 Å². The molecule has 100 valence electrons. The summed E-state index contributed by atoms with van der Waals surface area (Å²) in [5.74, 6) is 0. The van der Waals surface area contributed by atoms with Gasteiger partial charge >= 0.3 is 0 Å². The maximum atomic E-state index is 6.33. The lowest BCUT2D eigenvalue weighted by Gasteiger charge is -2.40. The first-order chi connectivity index (χ1) is 8.61. The molecule has 4 heteroatoms. The highest BCUT2D eigenvalue weighted by Gasteiger charge is 2.21. The molecule has 1 aromatic carbocycles. The number of benzene rings is 1. The van der Waals surface area contributed by atoms with E-state index in [1.165, 1.54) is 5.69 Å². The summed E-state index contributed by atoms with van der Waals surface area (Å²) in [6.45, 7) is 6.37. The number of nitrogens with one attached hydrogen (secondary N) is 1. The lowest BCUT2D eigenvalue weighted by Crippen LogP contribution is -2.50. The Morgan fingerprint density at radius 3 is 2.78 bits per heavy atom. The highest BCUT2D eigenvalue weighted by atomic mass is 35.5. The van der Waals surface area contributed by atoms with Crippen LogP contribution >= 0.6 is 11.6 Å². The van der Waals surface area contributed by atoms with Crippen molar-refractivity contribution in [3.05, 3.63) is 28.8 Å². The molecular formula is C14H22ClN3. The molecule has 1 atom stereocenters. The van der Waals surface area contributed by atoms with Crippen LogP contribution in [0.25, 0.3) is 0 Å². The predicted octanol–water partition coefficient (Wildman–Crippen LogP) is 2.20. The maximum absolute atomic E-state index is 6.33. The Labute approximate surface area is 115 Å². The Balaban J connectivity index is 2.16. The summed E-state index contributed by atoms with van der Waals surface area (Å²) in [6.07, 6.45) is 0. The molecule has 1 N–H and O–H groups in total. The quantitative estimate of drug-likeness (QED) is 0.906. The zero-order valence-corrected chi connectivity index (χ0v) is 12.2. The fourth-order valence-corrected chi connectivity index (χ4v) is 2.81. The van der Waals surface area contributed by atoms with Gasteiger partial charge in [0, 0.05) is 42.9 Å². The summed E-state index contributed by atoms with van der Waals surface area (Å²) in [7, 11) is 4.11. The number of likely N-dealkylation sites (N-methyl/N-ethyl adjacent to an activating group) is 1. The third-order valence-corrected chi connectivity index (χ3v) is 3.92. The number of hydrogen-bond acceptors (Lipinski definition) is 3. The summed E-state index contributed by atoms with van der Waals surface area (Å²) < 4.78 is 0. The highest BCUT2D eigenvalue weighted by Crippen LogP contribution is 2.26. The van der Waals surface area contributed by atoms with Gasteiger partial charge in [0.1, 0.15) is 0 Å². The molecule has 2 rings (SSSR count). The van der Waals surface area contributed by atoms with Gasteiger partial charge in [0.2, 0.25) is 0 Å². The van der Waals surface area contributed by atoms with E-state index in [-0.39, 0.29) is 0 Å². The monoisotopic (exact) mass is 267 g/mol. The molecular weight excluding hydrogens is 246 g/mol. The molecule has 18 heavy (non-hydrogen) atoms. The van der Waals surface area contributed by atoms with Crippen molar-refractivity contribution < 1.29 is 0 Å². The van der Waals surface area contributed by atoms with Gasteiger partial charge in [-0.05, 0) is 38.7 Å². The third kappa shape index (κ3) is 2.97. The van der Waals surface area contributed by atoms with E-state index < -0.39 is 0 Å². The molecule has 0 radical (unpaired) electrons. The zero-order chi connectivity index (χ0) is 13.1. The molecule has 0 aromatic heterocycles. The van der Waals surface area contributed by atoms with Crippen molar-refractivity contribution in [2.75, 3.05) is 38.6 Å².